The molecule has 21 heavy (non-hydrogen) atoms. The van der Waals surface area contributed by atoms with Crippen LogP contribution in [0.1, 0.15) is 5.56 Å². The van der Waals surface area contributed by atoms with Gasteiger partial charge in [0.2, 0.25) is 0 Å². The van der Waals surface area contributed by atoms with Gasteiger partial charge < -0.3 is 14.8 Å². The molecule has 0 aliphatic rings. The number of benzene rings is 2. The van der Waals surface area contributed by atoms with Gasteiger partial charge in [-0.3, -0.25) is 0 Å². The van der Waals surface area contributed by atoms with Crippen molar-refractivity contribution in [2.75, 3.05) is 19.7 Å². The van der Waals surface area contributed by atoms with E-state index in [0.29, 0.717) is 6.61 Å². The highest BCUT2D eigenvalue weighted by Gasteiger charge is 1.98. The van der Waals surface area contributed by atoms with Gasteiger partial charge in [0.15, 0.2) is 0 Å². The van der Waals surface area contributed by atoms with Gasteiger partial charge in [-0.2, -0.15) is 0 Å². The van der Waals surface area contributed by atoms with E-state index in [0.717, 1.165) is 30.3 Å². The highest BCUT2D eigenvalue weighted by molar-refractivity contribution is 5.36. The predicted molar refractivity (Wildman–Crippen MR) is 86.3 cm³/mol. The quantitative estimate of drug-likeness (QED) is 0.588. The van der Waals surface area contributed by atoms with Crippen LogP contribution in [0.15, 0.2) is 61.2 Å². The Kier molecular flexibility index (Phi) is 5.85. The van der Waals surface area contributed by atoms with Gasteiger partial charge in [-0.15, -0.1) is 6.58 Å². The van der Waals surface area contributed by atoms with Crippen LogP contribution in [0.2, 0.25) is 0 Å². The second-order valence-corrected chi connectivity index (χ2v) is 4.73. The van der Waals surface area contributed by atoms with Crippen LogP contribution < -0.4 is 14.8 Å². The standard InChI is InChI=1S/C18H21NO2/c1-3-12-19-13-14-20-16-8-10-18(11-9-16)21-17-6-4-15(2)5-7-17/h3-11,19H,1,12-14H2,2H3. The Morgan fingerprint density at radius 1 is 0.952 bits per heavy atom. The molecule has 0 unspecified atom stereocenters. The van der Waals surface area contributed by atoms with E-state index in [1.807, 2.05) is 54.6 Å². The monoisotopic (exact) mass is 283 g/mol. The Morgan fingerprint density at radius 3 is 2.14 bits per heavy atom. The third-order valence-corrected chi connectivity index (χ3v) is 2.92. The summed E-state index contributed by atoms with van der Waals surface area (Å²) in [5, 5.41) is 3.19. The van der Waals surface area contributed by atoms with Crippen molar-refractivity contribution in [3.63, 3.8) is 0 Å². The lowest BCUT2D eigenvalue weighted by Crippen LogP contribution is -2.20. The normalized spacial score (nSPS) is 10.1. The molecule has 2 rings (SSSR count). The molecular weight excluding hydrogens is 262 g/mol. The Morgan fingerprint density at radius 2 is 1.52 bits per heavy atom. The van der Waals surface area contributed by atoms with E-state index in [1.165, 1.54) is 5.56 Å². The van der Waals surface area contributed by atoms with Crippen molar-refractivity contribution >= 4 is 0 Å². The summed E-state index contributed by atoms with van der Waals surface area (Å²) in [6.07, 6.45) is 1.83. The summed E-state index contributed by atoms with van der Waals surface area (Å²) >= 11 is 0. The number of aryl methyl sites for hydroxylation is 1. The molecule has 0 bridgehead atoms. The van der Waals surface area contributed by atoms with E-state index in [4.69, 9.17) is 9.47 Å². The summed E-state index contributed by atoms with van der Waals surface area (Å²) in [6, 6.07) is 15.6. The van der Waals surface area contributed by atoms with E-state index >= 15 is 0 Å². The first-order chi connectivity index (χ1) is 10.3. The van der Waals surface area contributed by atoms with Gasteiger partial charge in [-0.1, -0.05) is 23.8 Å². The van der Waals surface area contributed by atoms with E-state index in [9.17, 15) is 0 Å². The van der Waals surface area contributed by atoms with Crippen LogP contribution in [0.25, 0.3) is 0 Å². The average molecular weight is 283 g/mol. The van der Waals surface area contributed by atoms with Gasteiger partial charge in [0.1, 0.15) is 23.9 Å². The molecule has 0 saturated carbocycles. The molecule has 0 heterocycles. The van der Waals surface area contributed by atoms with Crippen molar-refractivity contribution in [2.24, 2.45) is 0 Å². The van der Waals surface area contributed by atoms with Crippen molar-refractivity contribution in [2.45, 2.75) is 6.92 Å². The maximum Gasteiger partial charge on any atom is 0.127 e. The first-order valence-corrected chi connectivity index (χ1v) is 7.07. The lowest BCUT2D eigenvalue weighted by molar-refractivity contribution is 0.316. The minimum Gasteiger partial charge on any atom is -0.492 e. The molecule has 2 aromatic carbocycles. The molecule has 110 valence electrons. The van der Waals surface area contributed by atoms with Crippen molar-refractivity contribution in [3.05, 3.63) is 66.7 Å². The summed E-state index contributed by atoms with van der Waals surface area (Å²) in [7, 11) is 0. The molecule has 1 N–H and O–H groups in total. The minimum absolute atomic E-state index is 0.631. The zero-order chi connectivity index (χ0) is 14.9. The number of hydrogen-bond acceptors (Lipinski definition) is 3. The number of nitrogens with one attached hydrogen (secondary N) is 1. The second-order valence-electron chi connectivity index (χ2n) is 4.73. The first kappa shape index (κ1) is 15.1. The fourth-order valence-corrected chi connectivity index (χ4v) is 1.79. The van der Waals surface area contributed by atoms with Crippen molar-refractivity contribution in [3.8, 4) is 17.2 Å². The zero-order valence-corrected chi connectivity index (χ0v) is 12.3. The fourth-order valence-electron chi connectivity index (χ4n) is 1.79. The topological polar surface area (TPSA) is 30.5 Å². The molecule has 3 nitrogen and oxygen atoms in total. The van der Waals surface area contributed by atoms with Gasteiger partial charge in [0.05, 0.1) is 0 Å². The van der Waals surface area contributed by atoms with Crippen LogP contribution >= 0.6 is 0 Å². The van der Waals surface area contributed by atoms with E-state index in [1.54, 1.807) is 0 Å². The minimum atomic E-state index is 0.631. The SMILES string of the molecule is C=CCNCCOc1ccc(Oc2ccc(C)cc2)cc1. The summed E-state index contributed by atoms with van der Waals surface area (Å²) < 4.78 is 11.4. The second kappa shape index (κ2) is 8.12. The molecule has 0 saturated heterocycles. The highest BCUT2D eigenvalue weighted by Crippen LogP contribution is 2.23. The Hall–Kier alpha value is -2.26. The van der Waals surface area contributed by atoms with Gasteiger partial charge >= 0.3 is 0 Å². The number of ether oxygens (including phenoxy) is 2. The molecule has 3 heteroatoms. The Labute approximate surface area is 126 Å². The molecular formula is C18H21NO2. The van der Waals surface area contributed by atoms with Crippen molar-refractivity contribution in [1.82, 2.24) is 5.32 Å². The third kappa shape index (κ3) is 5.32. The lowest BCUT2D eigenvalue weighted by atomic mass is 10.2. The molecule has 0 spiro atoms. The van der Waals surface area contributed by atoms with Crippen molar-refractivity contribution in [1.29, 1.82) is 0 Å². The van der Waals surface area contributed by atoms with E-state index < -0.39 is 0 Å². The maximum atomic E-state index is 5.77. The summed E-state index contributed by atoms with van der Waals surface area (Å²) in [5.41, 5.74) is 1.22. The highest BCUT2D eigenvalue weighted by atomic mass is 16.5. The largest absolute Gasteiger partial charge is 0.492 e. The van der Waals surface area contributed by atoms with Crippen molar-refractivity contribution < 1.29 is 9.47 Å². The Balaban J connectivity index is 1.81. The van der Waals surface area contributed by atoms with E-state index in [2.05, 4.69) is 18.8 Å². The molecule has 2 aromatic rings. The Bertz CT molecular complexity index is 546. The van der Waals surface area contributed by atoms with Crippen LogP contribution in [0.4, 0.5) is 0 Å². The molecule has 0 amide bonds. The zero-order valence-electron chi connectivity index (χ0n) is 12.3. The van der Waals surface area contributed by atoms with Gasteiger partial charge in [-0.05, 0) is 43.3 Å². The lowest BCUT2D eigenvalue weighted by Gasteiger charge is -2.09. The van der Waals surface area contributed by atoms with Crippen LogP contribution in [-0.2, 0) is 0 Å². The summed E-state index contributed by atoms with van der Waals surface area (Å²) in [6.45, 7) is 7.93. The van der Waals surface area contributed by atoms with E-state index in [-0.39, 0.29) is 0 Å². The molecule has 0 aliphatic heterocycles. The van der Waals surface area contributed by atoms with Crippen LogP contribution in [0, 0.1) is 6.92 Å². The van der Waals surface area contributed by atoms with Gasteiger partial charge in [-0.25, -0.2) is 0 Å². The number of hydrogen-bond donors (Lipinski definition) is 1. The fraction of sp³-hybridized carbons (Fsp3) is 0.222. The van der Waals surface area contributed by atoms with Gasteiger partial charge in [0.25, 0.3) is 0 Å². The third-order valence-electron chi connectivity index (χ3n) is 2.92. The smallest absolute Gasteiger partial charge is 0.127 e. The molecule has 0 aromatic heterocycles. The molecule has 0 aliphatic carbocycles. The predicted octanol–water partition coefficient (Wildman–Crippen LogP) is 3.94. The molecule has 0 fully saturated rings. The van der Waals surface area contributed by atoms with Crippen LogP contribution in [0.5, 0.6) is 17.2 Å². The molecule has 0 radical (unpaired) electrons. The van der Waals surface area contributed by atoms with Crippen LogP contribution in [-0.4, -0.2) is 19.7 Å². The number of rotatable bonds is 8. The summed E-state index contributed by atoms with van der Waals surface area (Å²) in [4.78, 5) is 0. The van der Waals surface area contributed by atoms with Crippen LogP contribution in [0.3, 0.4) is 0 Å². The average Bonchev–Trinajstić information content (AvgIpc) is 2.51. The molecule has 0 atom stereocenters. The summed E-state index contributed by atoms with van der Waals surface area (Å²) in [5.74, 6) is 2.48. The maximum absolute atomic E-state index is 5.77. The van der Waals surface area contributed by atoms with Gasteiger partial charge in [0, 0.05) is 13.1 Å². The first-order valence-electron chi connectivity index (χ1n) is 7.07.